The SMILES string of the molecule is CC(C)CC(C(=O)O)N(C(=O)CC1COc2ccc(NC(N)=O)cc21)C(=O)C(N)Cc1ccccc1. The van der Waals surface area contributed by atoms with Gasteiger partial charge in [0.05, 0.1) is 12.6 Å². The van der Waals surface area contributed by atoms with Crippen molar-refractivity contribution in [1.82, 2.24) is 4.90 Å². The molecule has 3 atom stereocenters. The quantitative estimate of drug-likeness (QED) is 0.392. The van der Waals surface area contributed by atoms with Crippen molar-refractivity contribution in [3.8, 4) is 5.75 Å². The first-order valence-electron chi connectivity index (χ1n) is 11.8. The number of rotatable bonds is 10. The number of nitrogens with one attached hydrogen (secondary N) is 1. The number of carbonyl (C=O) groups is 4. The third kappa shape index (κ3) is 6.60. The zero-order valence-electron chi connectivity index (χ0n) is 20.3. The summed E-state index contributed by atoms with van der Waals surface area (Å²) in [6, 6.07) is 10.8. The molecule has 3 unspecified atom stereocenters. The van der Waals surface area contributed by atoms with E-state index in [4.69, 9.17) is 16.2 Å². The summed E-state index contributed by atoms with van der Waals surface area (Å²) in [5.41, 5.74) is 13.3. The lowest BCUT2D eigenvalue weighted by atomic mass is 9.94. The highest BCUT2D eigenvalue weighted by Gasteiger charge is 2.39. The van der Waals surface area contributed by atoms with Gasteiger partial charge in [-0.1, -0.05) is 44.2 Å². The van der Waals surface area contributed by atoms with E-state index < -0.39 is 41.8 Å². The lowest BCUT2D eigenvalue weighted by Gasteiger charge is -2.31. The number of fused-ring (bicyclic) bond motifs is 1. The van der Waals surface area contributed by atoms with Gasteiger partial charge in [0, 0.05) is 23.6 Å². The number of primary amides is 1. The number of benzene rings is 2. The van der Waals surface area contributed by atoms with Gasteiger partial charge < -0.3 is 26.6 Å². The van der Waals surface area contributed by atoms with E-state index in [0.29, 0.717) is 17.0 Å². The van der Waals surface area contributed by atoms with Crippen molar-refractivity contribution in [2.24, 2.45) is 17.4 Å². The predicted octanol–water partition coefficient (Wildman–Crippen LogP) is 2.47. The number of anilines is 1. The Bertz CT molecular complexity index is 1120. The molecular formula is C26H32N4O6. The fourth-order valence-corrected chi connectivity index (χ4v) is 4.32. The fourth-order valence-electron chi connectivity index (χ4n) is 4.32. The minimum Gasteiger partial charge on any atom is -0.493 e. The number of amides is 4. The highest BCUT2D eigenvalue weighted by molar-refractivity contribution is 6.01. The summed E-state index contributed by atoms with van der Waals surface area (Å²) in [4.78, 5) is 51.2. The molecule has 10 nitrogen and oxygen atoms in total. The molecule has 0 bridgehead atoms. The second kappa shape index (κ2) is 11.7. The van der Waals surface area contributed by atoms with Crippen molar-refractivity contribution >= 4 is 29.5 Å². The number of ether oxygens (including phenoxy) is 1. The van der Waals surface area contributed by atoms with Crippen LogP contribution in [0.1, 0.15) is 43.7 Å². The molecule has 0 spiro atoms. The van der Waals surface area contributed by atoms with Crippen LogP contribution in [0.25, 0.3) is 0 Å². The average Bonchev–Trinajstić information content (AvgIpc) is 3.20. The number of urea groups is 1. The Balaban J connectivity index is 1.87. The van der Waals surface area contributed by atoms with Crippen LogP contribution in [0.2, 0.25) is 0 Å². The van der Waals surface area contributed by atoms with Crippen LogP contribution in [0.5, 0.6) is 5.75 Å². The maximum atomic E-state index is 13.5. The molecule has 1 heterocycles. The van der Waals surface area contributed by atoms with Gasteiger partial charge in [-0.05, 0) is 42.5 Å². The molecule has 0 radical (unpaired) electrons. The Morgan fingerprint density at radius 2 is 1.83 bits per heavy atom. The molecule has 36 heavy (non-hydrogen) atoms. The van der Waals surface area contributed by atoms with Crippen LogP contribution in [0, 0.1) is 5.92 Å². The van der Waals surface area contributed by atoms with Gasteiger partial charge in [-0.2, -0.15) is 0 Å². The Labute approximate surface area is 209 Å². The van der Waals surface area contributed by atoms with Crippen LogP contribution >= 0.6 is 0 Å². The van der Waals surface area contributed by atoms with E-state index in [1.54, 1.807) is 18.2 Å². The number of nitrogens with zero attached hydrogens (tertiary/aromatic N) is 1. The number of imide groups is 1. The average molecular weight is 497 g/mol. The number of carbonyl (C=O) groups excluding carboxylic acids is 3. The minimum absolute atomic E-state index is 0.0856. The van der Waals surface area contributed by atoms with Crippen molar-refractivity contribution in [1.29, 1.82) is 0 Å². The van der Waals surface area contributed by atoms with E-state index in [0.717, 1.165) is 10.5 Å². The van der Waals surface area contributed by atoms with Gasteiger partial charge in [0.1, 0.15) is 11.8 Å². The van der Waals surface area contributed by atoms with Crippen LogP contribution in [0.4, 0.5) is 10.5 Å². The lowest BCUT2D eigenvalue weighted by molar-refractivity contribution is -0.159. The van der Waals surface area contributed by atoms with Gasteiger partial charge in [0.25, 0.3) is 0 Å². The van der Waals surface area contributed by atoms with Crippen LogP contribution in [-0.4, -0.2) is 52.5 Å². The molecule has 6 N–H and O–H groups in total. The molecule has 192 valence electrons. The van der Waals surface area contributed by atoms with Crippen molar-refractivity contribution in [2.75, 3.05) is 11.9 Å². The lowest BCUT2D eigenvalue weighted by Crippen LogP contribution is -2.55. The van der Waals surface area contributed by atoms with Crippen LogP contribution in [0.3, 0.4) is 0 Å². The molecule has 2 aromatic carbocycles. The number of aliphatic carboxylic acids is 1. The number of carboxylic acid groups (broad SMARTS) is 1. The summed E-state index contributed by atoms with van der Waals surface area (Å²) in [6.45, 7) is 3.81. The molecule has 0 aromatic heterocycles. The van der Waals surface area contributed by atoms with E-state index in [1.165, 1.54) is 0 Å². The zero-order chi connectivity index (χ0) is 26.4. The summed E-state index contributed by atoms with van der Waals surface area (Å²) < 4.78 is 5.67. The van der Waals surface area contributed by atoms with E-state index >= 15 is 0 Å². The third-order valence-corrected chi connectivity index (χ3v) is 5.99. The standard InChI is InChI=1S/C26H32N4O6/c1-15(2)10-21(25(33)34)30(24(32)20(27)11-16-6-4-3-5-7-16)23(31)12-17-14-36-22-9-8-18(13-19(17)22)29-26(28)35/h3-9,13,15,17,20-21H,10-12,14,27H2,1-2H3,(H,33,34)(H3,28,29,35). The minimum atomic E-state index is -1.35. The maximum Gasteiger partial charge on any atom is 0.326 e. The van der Waals surface area contributed by atoms with Crippen LogP contribution < -0.4 is 21.5 Å². The van der Waals surface area contributed by atoms with Crippen LogP contribution in [0.15, 0.2) is 48.5 Å². The van der Waals surface area contributed by atoms with Crippen molar-refractivity contribution in [3.63, 3.8) is 0 Å². The zero-order valence-corrected chi connectivity index (χ0v) is 20.3. The Hall–Kier alpha value is -3.92. The second-order valence-electron chi connectivity index (χ2n) is 9.34. The first-order valence-corrected chi connectivity index (χ1v) is 11.8. The van der Waals surface area contributed by atoms with Gasteiger partial charge >= 0.3 is 12.0 Å². The highest BCUT2D eigenvalue weighted by atomic mass is 16.5. The van der Waals surface area contributed by atoms with E-state index in [-0.39, 0.29) is 31.8 Å². The molecule has 0 aliphatic carbocycles. The van der Waals surface area contributed by atoms with Crippen molar-refractivity contribution in [3.05, 3.63) is 59.7 Å². The van der Waals surface area contributed by atoms with Gasteiger partial charge in [-0.15, -0.1) is 0 Å². The Kier molecular flexibility index (Phi) is 8.65. The highest BCUT2D eigenvalue weighted by Crippen LogP contribution is 2.38. The van der Waals surface area contributed by atoms with E-state index in [1.807, 2.05) is 44.2 Å². The van der Waals surface area contributed by atoms with E-state index in [9.17, 15) is 24.3 Å². The van der Waals surface area contributed by atoms with Gasteiger partial charge in [0.15, 0.2) is 0 Å². The molecule has 4 amide bonds. The van der Waals surface area contributed by atoms with Gasteiger partial charge in [-0.3, -0.25) is 14.5 Å². The number of carboxylic acids is 1. The molecule has 1 aliphatic heterocycles. The molecule has 0 saturated carbocycles. The van der Waals surface area contributed by atoms with Gasteiger partial charge in [-0.25, -0.2) is 9.59 Å². The summed E-state index contributed by atoms with van der Waals surface area (Å²) >= 11 is 0. The van der Waals surface area contributed by atoms with Crippen molar-refractivity contribution < 1.29 is 29.0 Å². The monoisotopic (exact) mass is 496 g/mol. The van der Waals surface area contributed by atoms with Crippen molar-refractivity contribution in [2.45, 2.75) is 51.1 Å². The topological polar surface area (TPSA) is 165 Å². The molecule has 3 rings (SSSR count). The summed E-state index contributed by atoms with van der Waals surface area (Å²) in [5, 5.41) is 12.4. The molecule has 0 saturated heterocycles. The molecule has 2 aromatic rings. The number of hydrogen-bond donors (Lipinski definition) is 4. The summed E-state index contributed by atoms with van der Waals surface area (Å²) in [6.07, 6.45) is 0.0863. The second-order valence-corrected chi connectivity index (χ2v) is 9.34. The summed E-state index contributed by atoms with van der Waals surface area (Å²) in [7, 11) is 0. The maximum absolute atomic E-state index is 13.5. The smallest absolute Gasteiger partial charge is 0.326 e. The first-order chi connectivity index (χ1) is 17.1. The largest absolute Gasteiger partial charge is 0.493 e. The van der Waals surface area contributed by atoms with E-state index in [2.05, 4.69) is 5.32 Å². The molecular weight excluding hydrogens is 464 g/mol. The number of nitrogens with two attached hydrogens (primary N) is 2. The Morgan fingerprint density at radius 1 is 1.14 bits per heavy atom. The fraction of sp³-hybridized carbons (Fsp3) is 0.385. The predicted molar refractivity (Wildman–Crippen MR) is 133 cm³/mol. The first kappa shape index (κ1) is 26.7. The van der Waals surface area contributed by atoms with Crippen LogP contribution in [-0.2, 0) is 20.8 Å². The normalized spacial score (nSPS) is 15.9. The molecule has 10 heteroatoms. The molecule has 1 aliphatic rings. The molecule has 0 fully saturated rings. The number of hydrogen-bond acceptors (Lipinski definition) is 6. The summed E-state index contributed by atoms with van der Waals surface area (Å²) in [5.74, 6) is -2.65. The Morgan fingerprint density at radius 3 is 2.44 bits per heavy atom. The van der Waals surface area contributed by atoms with Gasteiger partial charge in [0.2, 0.25) is 11.8 Å². The third-order valence-electron chi connectivity index (χ3n) is 5.99.